The van der Waals surface area contributed by atoms with Crippen molar-refractivity contribution in [3.8, 4) is 0 Å². The molecule has 1 rings (SSSR count). The fourth-order valence-corrected chi connectivity index (χ4v) is 1.20. The van der Waals surface area contributed by atoms with Crippen LogP contribution < -0.4 is 0 Å². The highest BCUT2D eigenvalue weighted by atomic mass is 35.5. The molecule has 72 valence electrons. The first kappa shape index (κ1) is 11.2. The van der Waals surface area contributed by atoms with Crippen LogP contribution in [0.4, 0.5) is 5.69 Å². The second-order valence-electron chi connectivity index (χ2n) is 2.31. The molecule has 0 saturated heterocycles. The topological polar surface area (TPSA) is 48.8 Å². The molecule has 14 heavy (non-hydrogen) atoms. The van der Waals surface area contributed by atoms with Gasteiger partial charge in [-0.25, -0.2) is 0 Å². The van der Waals surface area contributed by atoms with Crippen LogP contribution in [0, 0.1) is 0 Å². The molecule has 0 bridgehead atoms. The van der Waals surface area contributed by atoms with Crippen LogP contribution >= 0.6 is 34.8 Å². The molecule has 0 amide bonds. The molecular weight excluding hydrogens is 244 g/mol. The Morgan fingerprint density at radius 1 is 1.29 bits per heavy atom. The largest absolute Gasteiger partial charge is 0.126 e. The Morgan fingerprint density at radius 2 is 2.00 bits per heavy atom. The van der Waals surface area contributed by atoms with Crippen LogP contribution in [-0.4, -0.2) is 0 Å². The van der Waals surface area contributed by atoms with E-state index in [0.29, 0.717) is 11.3 Å². The van der Waals surface area contributed by atoms with Crippen molar-refractivity contribution < 1.29 is 0 Å². The van der Waals surface area contributed by atoms with E-state index in [1.54, 1.807) is 24.3 Å². The van der Waals surface area contributed by atoms with E-state index in [2.05, 4.69) is 10.0 Å². The van der Waals surface area contributed by atoms with Crippen molar-refractivity contribution in [3.05, 3.63) is 44.8 Å². The van der Waals surface area contributed by atoms with Gasteiger partial charge in [0.1, 0.15) is 4.49 Å². The first-order valence-corrected chi connectivity index (χ1v) is 4.65. The quantitative estimate of drug-likeness (QED) is 0.403. The van der Waals surface area contributed by atoms with Crippen molar-refractivity contribution in [2.45, 2.75) is 0 Å². The lowest BCUT2D eigenvalue weighted by Gasteiger charge is -1.99. The lowest BCUT2D eigenvalue weighted by molar-refractivity contribution is 1.47. The third-order valence-electron chi connectivity index (χ3n) is 1.43. The van der Waals surface area contributed by atoms with Crippen LogP contribution in [-0.2, 0) is 0 Å². The minimum Gasteiger partial charge on any atom is -0.0811 e. The van der Waals surface area contributed by atoms with E-state index in [4.69, 9.17) is 40.3 Å². The molecule has 0 saturated carbocycles. The van der Waals surface area contributed by atoms with Gasteiger partial charge in [-0.15, -0.1) is 0 Å². The first-order valence-electron chi connectivity index (χ1n) is 3.51. The molecule has 1 aromatic rings. The van der Waals surface area contributed by atoms with Crippen molar-refractivity contribution in [2.75, 3.05) is 0 Å². The molecule has 1 aromatic carbocycles. The van der Waals surface area contributed by atoms with Crippen LogP contribution in [0.3, 0.4) is 0 Å². The van der Waals surface area contributed by atoms with Gasteiger partial charge >= 0.3 is 0 Å². The number of hydrogen-bond donors (Lipinski definition) is 0. The van der Waals surface area contributed by atoms with Crippen molar-refractivity contribution in [1.82, 2.24) is 0 Å². The molecule has 0 aliphatic carbocycles. The lowest BCUT2D eigenvalue weighted by Crippen LogP contribution is -1.76. The summed E-state index contributed by atoms with van der Waals surface area (Å²) in [5.41, 5.74) is 9.28. The molecule has 6 heteroatoms. The highest BCUT2D eigenvalue weighted by Crippen LogP contribution is 2.29. The standard InChI is InChI=1S/C8H4Cl3N3/c9-7(8(10)11)5-2-1-3-6(4-5)13-14-12/h1-4H. The minimum atomic E-state index is -0.0234. The maximum Gasteiger partial charge on any atom is 0.126 e. The summed E-state index contributed by atoms with van der Waals surface area (Å²) in [5, 5.41) is 3.65. The van der Waals surface area contributed by atoms with Gasteiger partial charge in [-0.05, 0) is 17.2 Å². The van der Waals surface area contributed by atoms with Crippen LogP contribution in [0.2, 0.25) is 0 Å². The highest BCUT2D eigenvalue weighted by Gasteiger charge is 2.02. The van der Waals surface area contributed by atoms with E-state index in [1.165, 1.54) is 0 Å². The molecule has 0 aliphatic rings. The Kier molecular flexibility index (Phi) is 4.11. The van der Waals surface area contributed by atoms with Crippen molar-refractivity contribution in [1.29, 1.82) is 0 Å². The van der Waals surface area contributed by atoms with Gasteiger partial charge in [-0.1, -0.05) is 58.1 Å². The van der Waals surface area contributed by atoms with E-state index in [0.717, 1.165) is 0 Å². The van der Waals surface area contributed by atoms with Gasteiger partial charge in [-0.2, -0.15) is 0 Å². The predicted molar refractivity (Wildman–Crippen MR) is 59.7 cm³/mol. The predicted octanol–water partition coefficient (Wildman–Crippen LogP) is 4.97. The molecule has 0 aliphatic heterocycles. The Morgan fingerprint density at radius 3 is 2.57 bits per heavy atom. The summed E-state index contributed by atoms with van der Waals surface area (Å²) in [6.07, 6.45) is 0. The zero-order valence-electron chi connectivity index (χ0n) is 6.78. The molecule has 0 spiro atoms. The van der Waals surface area contributed by atoms with E-state index in [9.17, 15) is 0 Å². The smallest absolute Gasteiger partial charge is 0.0811 e. The van der Waals surface area contributed by atoms with Gasteiger partial charge < -0.3 is 0 Å². The lowest BCUT2D eigenvalue weighted by atomic mass is 10.2. The summed E-state index contributed by atoms with van der Waals surface area (Å²) >= 11 is 16.8. The minimum absolute atomic E-state index is 0.0234. The molecule has 0 aromatic heterocycles. The van der Waals surface area contributed by atoms with Crippen LogP contribution in [0.1, 0.15) is 5.56 Å². The maximum atomic E-state index is 8.22. The van der Waals surface area contributed by atoms with Gasteiger partial charge in [-0.3, -0.25) is 0 Å². The normalized spacial score (nSPS) is 9.07. The summed E-state index contributed by atoms with van der Waals surface area (Å²) in [6, 6.07) is 6.64. The molecule has 0 unspecified atom stereocenters. The molecule has 0 atom stereocenters. The maximum absolute atomic E-state index is 8.22. The van der Waals surface area contributed by atoms with E-state index in [-0.39, 0.29) is 9.52 Å². The van der Waals surface area contributed by atoms with E-state index >= 15 is 0 Å². The van der Waals surface area contributed by atoms with E-state index < -0.39 is 0 Å². The Balaban J connectivity index is 3.18. The summed E-state index contributed by atoms with van der Waals surface area (Å²) in [6.45, 7) is 0. The Hall–Kier alpha value is -0.860. The summed E-state index contributed by atoms with van der Waals surface area (Å²) < 4.78 is -0.0234. The Labute approximate surface area is 95.5 Å². The number of benzene rings is 1. The van der Waals surface area contributed by atoms with Gasteiger partial charge in [0, 0.05) is 10.6 Å². The van der Waals surface area contributed by atoms with Crippen LogP contribution in [0.5, 0.6) is 0 Å². The molecule has 0 fully saturated rings. The van der Waals surface area contributed by atoms with Gasteiger partial charge in [0.15, 0.2) is 0 Å². The van der Waals surface area contributed by atoms with Gasteiger partial charge in [0.2, 0.25) is 0 Å². The van der Waals surface area contributed by atoms with Crippen molar-refractivity contribution in [2.24, 2.45) is 5.11 Å². The SMILES string of the molecule is [N-]=[N+]=Nc1cccc(C(Cl)=C(Cl)Cl)c1. The number of rotatable bonds is 2. The second kappa shape index (κ2) is 5.13. The Bertz CT molecular complexity index is 418. The zero-order chi connectivity index (χ0) is 10.6. The first-order chi connectivity index (χ1) is 6.65. The van der Waals surface area contributed by atoms with Crippen molar-refractivity contribution in [3.63, 3.8) is 0 Å². The van der Waals surface area contributed by atoms with Gasteiger partial charge in [0.25, 0.3) is 0 Å². The third-order valence-corrected chi connectivity index (χ3v) is 2.40. The summed E-state index contributed by atoms with van der Waals surface area (Å²) in [7, 11) is 0. The van der Waals surface area contributed by atoms with E-state index in [1.807, 2.05) is 0 Å². The average Bonchev–Trinajstić information content (AvgIpc) is 2.17. The van der Waals surface area contributed by atoms with Crippen LogP contribution in [0.25, 0.3) is 15.5 Å². The third kappa shape index (κ3) is 2.82. The molecule has 0 N–H and O–H groups in total. The average molecular weight is 248 g/mol. The van der Waals surface area contributed by atoms with Crippen molar-refractivity contribution >= 4 is 45.5 Å². The summed E-state index contributed by atoms with van der Waals surface area (Å²) in [5.74, 6) is 0. The molecule has 3 nitrogen and oxygen atoms in total. The number of azide groups is 1. The van der Waals surface area contributed by atoms with Gasteiger partial charge in [0.05, 0.1) is 5.03 Å². The van der Waals surface area contributed by atoms with Crippen LogP contribution in [0.15, 0.2) is 33.9 Å². The fourth-order valence-electron chi connectivity index (χ4n) is 0.865. The monoisotopic (exact) mass is 247 g/mol. The zero-order valence-corrected chi connectivity index (χ0v) is 9.05. The number of hydrogen-bond acceptors (Lipinski definition) is 1. The fraction of sp³-hybridized carbons (Fsp3) is 0. The molecular formula is C8H4Cl3N3. The summed E-state index contributed by atoms with van der Waals surface area (Å²) in [4.78, 5) is 2.65. The number of halogens is 3. The number of nitrogens with zero attached hydrogens (tertiary/aromatic N) is 3. The molecule has 0 radical (unpaired) electrons. The highest BCUT2D eigenvalue weighted by molar-refractivity contribution is 6.66. The second-order valence-corrected chi connectivity index (χ2v) is 3.64. The molecule has 0 heterocycles.